The predicted molar refractivity (Wildman–Crippen MR) is 129 cm³/mol. The summed E-state index contributed by atoms with van der Waals surface area (Å²) in [7, 11) is 1.80. The van der Waals surface area contributed by atoms with Gasteiger partial charge in [0, 0.05) is 50.4 Å². The lowest BCUT2D eigenvalue weighted by molar-refractivity contribution is 0.134. The largest absolute Gasteiger partial charge is 0.367 e. The number of piperazine rings is 1. The number of nitrogens with zero attached hydrogens (tertiary/aromatic N) is 4. The Morgan fingerprint density at radius 3 is 2.72 bits per heavy atom. The first kappa shape index (κ1) is 20.0. The second kappa shape index (κ2) is 7.73. The molecule has 0 N–H and O–H groups in total. The average Bonchev–Trinajstić information content (AvgIpc) is 3.20. The van der Waals surface area contributed by atoms with E-state index in [1.165, 1.54) is 43.2 Å². The van der Waals surface area contributed by atoms with Crippen LogP contribution in [0.1, 0.15) is 67.7 Å². The molecule has 2 fully saturated rings. The van der Waals surface area contributed by atoms with E-state index >= 15 is 0 Å². The molecular formula is C27H32N4O. The highest BCUT2D eigenvalue weighted by Gasteiger charge is 2.39. The lowest BCUT2D eigenvalue weighted by atomic mass is 9.83. The van der Waals surface area contributed by atoms with Gasteiger partial charge in [-0.2, -0.15) is 0 Å². The van der Waals surface area contributed by atoms with Crippen molar-refractivity contribution in [3.05, 3.63) is 69.6 Å². The van der Waals surface area contributed by atoms with Gasteiger partial charge in [-0.3, -0.25) is 14.3 Å². The molecule has 32 heavy (non-hydrogen) atoms. The first-order valence-corrected chi connectivity index (χ1v) is 12.2. The van der Waals surface area contributed by atoms with E-state index in [0.717, 1.165) is 42.3 Å². The van der Waals surface area contributed by atoms with Crippen molar-refractivity contribution in [2.24, 2.45) is 7.05 Å². The maximum Gasteiger partial charge on any atom is 0.253 e. The highest BCUT2D eigenvalue weighted by atomic mass is 16.1. The van der Waals surface area contributed by atoms with Gasteiger partial charge in [0.15, 0.2) is 0 Å². The van der Waals surface area contributed by atoms with E-state index in [1.807, 2.05) is 6.07 Å². The minimum absolute atomic E-state index is 0.00484. The third-order valence-corrected chi connectivity index (χ3v) is 8.11. The Morgan fingerprint density at radius 2 is 1.88 bits per heavy atom. The van der Waals surface area contributed by atoms with Crippen molar-refractivity contribution >= 4 is 16.7 Å². The first-order chi connectivity index (χ1) is 15.6. The van der Waals surface area contributed by atoms with Gasteiger partial charge in [-0.05, 0) is 54.5 Å². The Balaban J connectivity index is 1.35. The fraction of sp³-hybridized carbons (Fsp3) is 0.481. The molecule has 2 unspecified atom stereocenters. The third-order valence-electron chi connectivity index (χ3n) is 8.11. The topological polar surface area (TPSA) is 41.4 Å². The van der Waals surface area contributed by atoms with Crippen LogP contribution in [0.3, 0.4) is 0 Å². The van der Waals surface area contributed by atoms with Crippen LogP contribution in [0.25, 0.3) is 11.0 Å². The summed E-state index contributed by atoms with van der Waals surface area (Å²) in [6.07, 6.45) is 8.62. The highest BCUT2D eigenvalue weighted by molar-refractivity contribution is 5.89. The van der Waals surface area contributed by atoms with E-state index < -0.39 is 0 Å². The number of hydrogen-bond acceptors (Lipinski definition) is 4. The summed E-state index contributed by atoms with van der Waals surface area (Å²) in [6.45, 7) is 5.22. The molecule has 0 spiro atoms. The number of hydrogen-bond donors (Lipinski definition) is 0. The molecule has 0 radical (unpaired) electrons. The molecular weight excluding hydrogens is 396 g/mol. The second-order valence-corrected chi connectivity index (χ2v) is 10.0. The summed E-state index contributed by atoms with van der Waals surface area (Å²) in [6, 6.07) is 14.0. The minimum atomic E-state index is 0.00484. The smallest absolute Gasteiger partial charge is 0.253 e. The maximum atomic E-state index is 12.7. The zero-order valence-electron chi connectivity index (χ0n) is 19.1. The Morgan fingerprint density at radius 1 is 1.03 bits per heavy atom. The molecule has 5 heteroatoms. The van der Waals surface area contributed by atoms with Gasteiger partial charge in [0.05, 0.1) is 11.7 Å². The van der Waals surface area contributed by atoms with Crippen LogP contribution in [0.4, 0.5) is 5.69 Å². The fourth-order valence-electron chi connectivity index (χ4n) is 6.35. The zero-order chi connectivity index (χ0) is 21.8. The van der Waals surface area contributed by atoms with Crippen LogP contribution in [-0.2, 0) is 13.6 Å². The van der Waals surface area contributed by atoms with Crippen molar-refractivity contribution in [2.75, 3.05) is 18.0 Å². The molecule has 2 atom stereocenters. The van der Waals surface area contributed by atoms with Crippen LogP contribution < -0.4 is 10.5 Å². The first-order valence-electron chi connectivity index (χ1n) is 12.2. The Labute approximate surface area is 189 Å². The van der Waals surface area contributed by atoms with Crippen LogP contribution in [-0.4, -0.2) is 33.6 Å². The van der Waals surface area contributed by atoms with Gasteiger partial charge in [0.1, 0.15) is 5.65 Å². The van der Waals surface area contributed by atoms with Crippen LogP contribution >= 0.6 is 0 Å². The molecule has 1 aliphatic carbocycles. The maximum absolute atomic E-state index is 12.7. The van der Waals surface area contributed by atoms with Crippen molar-refractivity contribution in [1.82, 2.24) is 14.5 Å². The SMILES string of the molecule is CC1CN(c2cc(=O)n(C)c3ncccc23)CC2c3ccc(C4CCCCC4)cc3CN12. The van der Waals surface area contributed by atoms with Gasteiger partial charge < -0.3 is 4.90 Å². The van der Waals surface area contributed by atoms with Gasteiger partial charge in [-0.15, -0.1) is 0 Å². The lowest BCUT2D eigenvalue weighted by Crippen LogP contribution is -2.51. The average molecular weight is 429 g/mol. The number of aryl methyl sites for hydroxylation is 1. The molecule has 1 aromatic carbocycles. The molecule has 166 valence electrons. The van der Waals surface area contributed by atoms with Crippen LogP contribution in [0, 0.1) is 0 Å². The minimum Gasteiger partial charge on any atom is -0.367 e. The van der Waals surface area contributed by atoms with E-state index in [1.54, 1.807) is 29.4 Å². The molecule has 1 saturated heterocycles. The third kappa shape index (κ3) is 3.17. The Kier molecular flexibility index (Phi) is 4.83. The van der Waals surface area contributed by atoms with Gasteiger partial charge in [0.2, 0.25) is 0 Å². The van der Waals surface area contributed by atoms with Gasteiger partial charge in [-0.25, -0.2) is 4.98 Å². The van der Waals surface area contributed by atoms with E-state index in [2.05, 4.69) is 46.0 Å². The molecule has 2 aliphatic heterocycles. The molecule has 2 aromatic heterocycles. The van der Waals surface area contributed by atoms with Crippen molar-refractivity contribution in [3.63, 3.8) is 0 Å². The second-order valence-electron chi connectivity index (χ2n) is 10.0. The van der Waals surface area contributed by atoms with E-state index in [9.17, 15) is 4.79 Å². The summed E-state index contributed by atoms with van der Waals surface area (Å²) in [5.74, 6) is 0.750. The van der Waals surface area contributed by atoms with Crippen LogP contribution in [0.5, 0.6) is 0 Å². The van der Waals surface area contributed by atoms with E-state index in [0.29, 0.717) is 12.1 Å². The molecule has 4 heterocycles. The number of benzene rings is 1. The summed E-state index contributed by atoms with van der Waals surface area (Å²) in [5.41, 5.74) is 6.33. The zero-order valence-corrected chi connectivity index (χ0v) is 19.1. The summed E-state index contributed by atoms with van der Waals surface area (Å²) in [4.78, 5) is 22.3. The van der Waals surface area contributed by atoms with Gasteiger partial charge in [-0.1, -0.05) is 37.5 Å². The standard InChI is InChI=1S/C27H32N4O/c1-18-15-30(24-14-26(32)29(2)27-23(24)9-6-12-28-27)17-25-22-11-10-20(13-21(22)16-31(18)25)19-7-4-3-5-8-19/h6,9-14,18-19,25H,3-5,7-8,15-17H2,1-2H3. The summed E-state index contributed by atoms with van der Waals surface area (Å²) in [5, 5.41) is 1.06. The molecule has 3 aromatic rings. The number of anilines is 1. The molecule has 1 saturated carbocycles. The van der Waals surface area contributed by atoms with Gasteiger partial charge >= 0.3 is 0 Å². The quantitative estimate of drug-likeness (QED) is 0.591. The van der Waals surface area contributed by atoms with Crippen molar-refractivity contribution in [3.8, 4) is 0 Å². The van der Waals surface area contributed by atoms with Crippen molar-refractivity contribution in [2.45, 2.75) is 63.6 Å². The van der Waals surface area contributed by atoms with Crippen molar-refractivity contribution in [1.29, 1.82) is 0 Å². The number of pyridine rings is 2. The van der Waals surface area contributed by atoms with Gasteiger partial charge in [0.25, 0.3) is 5.56 Å². The number of fused-ring (bicyclic) bond motifs is 4. The van der Waals surface area contributed by atoms with Crippen molar-refractivity contribution < 1.29 is 0 Å². The Bertz CT molecular complexity index is 1230. The van der Waals surface area contributed by atoms with Crippen LogP contribution in [0.2, 0.25) is 0 Å². The normalized spacial score (nSPS) is 24.0. The number of aromatic nitrogens is 2. The highest BCUT2D eigenvalue weighted by Crippen LogP contribution is 2.42. The molecule has 3 aliphatic rings. The fourth-order valence-corrected chi connectivity index (χ4v) is 6.35. The van der Waals surface area contributed by atoms with E-state index in [4.69, 9.17) is 0 Å². The predicted octanol–water partition coefficient (Wildman–Crippen LogP) is 4.75. The molecule has 6 rings (SSSR count). The molecule has 0 bridgehead atoms. The summed E-state index contributed by atoms with van der Waals surface area (Å²) >= 11 is 0. The molecule has 5 nitrogen and oxygen atoms in total. The Hall–Kier alpha value is -2.66. The van der Waals surface area contributed by atoms with Crippen LogP contribution in [0.15, 0.2) is 47.4 Å². The summed E-state index contributed by atoms with van der Waals surface area (Å²) < 4.78 is 1.65. The lowest BCUT2D eigenvalue weighted by Gasteiger charge is -2.43. The molecule has 0 amide bonds. The van der Waals surface area contributed by atoms with E-state index in [-0.39, 0.29) is 5.56 Å². The number of rotatable bonds is 2. The monoisotopic (exact) mass is 428 g/mol.